The van der Waals surface area contributed by atoms with E-state index in [0.717, 1.165) is 5.56 Å². The lowest BCUT2D eigenvalue weighted by Gasteiger charge is -2.11. The van der Waals surface area contributed by atoms with Crippen molar-refractivity contribution < 1.29 is 24.1 Å². The molecule has 0 aromatic heterocycles. The van der Waals surface area contributed by atoms with Crippen molar-refractivity contribution in [1.29, 1.82) is 0 Å². The molecule has 1 fully saturated rings. The quantitative estimate of drug-likeness (QED) is 0.679. The number of carbonyl (C=O) groups is 1. The van der Waals surface area contributed by atoms with Gasteiger partial charge in [0.2, 0.25) is 5.78 Å². The highest BCUT2D eigenvalue weighted by atomic mass is 16.6. The van der Waals surface area contributed by atoms with E-state index in [1.165, 1.54) is 20.3 Å². The molecule has 1 aliphatic rings. The molecule has 0 unspecified atom stereocenters. The zero-order valence-corrected chi connectivity index (χ0v) is 12.3. The number of rotatable bonds is 5. The molecule has 2 aromatic carbocycles. The average molecular weight is 300 g/mol. The van der Waals surface area contributed by atoms with Crippen LogP contribution in [0, 0.1) is 0 Å². The van der Waals surface area contributed by atoms with Gasteiger partial charge < -0.3 is 19.3 Å². The van der Waals surface area contributed by atoms with Crippen LogP contribution >= 0.6 is 0 Å². The maximum absolute atomic E-state index is 12.6. The molecule has 2 aromatic rings. The minimum atomic E-state index is -0.601. The van der Waals surface area contributed by atoms with Crippen molar-refractivity contribution >= 4 is 5.78 Å². The Bertz CT molecular complexity index is 696. The minimum Gasteiger partial charge on any atom is -0.507 e. The molecule has 5 nitrogen and oxygen atoms in total. The Balaban J connectivity index is 1.88. The number of Topliss-reactive ketones (excluding diaryl/α,β-unsaturated/α-hetero) is 1. The van der Waals surface area contributed by atoms with Crippen molar-refractivity contribution in [1.82, 2.24) is 0 Å². The van der Waals surface area contributed by atoms with E-state index in [4.69, 9.17) is 14.2 Å². The standard InChI is InChI=1S/C17H16O5/c1-20-11-8-12(18)14(13(9-11)21-2)15(19)17-16(22-17)10-6-4-3-5-7-10/h3-9,16-18H,1-2H3/t16-,17-/m1/s1. The summed E-state index contributed by atoms with van der Waals surface area (Å²) in [6, 6.07) is 12.4. The van der Waals surface area contributed by atoms with Crippen molar-refractivity contribution in [3.8, 4) is 17.2 Å². The number of hydrogen-bond donors (Lipinski definition) is 1. The Morgan fingerprint density at radius 3 is 2.50 bits per heavy atom. The summed E-state index contributed by atoms with van der Waals surface area (Å²) in [6.07, 6.45) is -0.879. The number of hydrogen-bond acceptors (Lipinski definition) is 5. The van der Waals surface area contributed by atoms with E-state index in [-0.39, 0.29) is 28.9 Å². The normalized spacial score (nSPS) is 19.5. The van der Waals surface area contributed by atoms with Crippen LogP contribution in [0.1, 0.15) is 22.0 Å². The molecule has 3 rings (SSSR count). The van der Waals surface area contributed by atoms with Gasteiger partial charge in [0.05, 0.1) is 14.2 Å². The summed E-state index contributed by atoms with van der Waals surface area (Å²) in [5.41, 5.74) is 1.06. The van der Waals surface area contributed by atoms with Crippen LogP contribution in [0.2, 0.25) is 0 Å². The fourth-order valence-corrected chi connectivity index (χ4v) is 2.45. The second kappa shape index (κ2) is 5.69. The fraction of sp³-hybridized carbons (Fsp3) is 0.235. The SMILES string of the molecule is COc1cc(O)c(C(=O)[C@H]2O[C@@H]2c2ccccc2)c(OC)c1. The van der Waals surface area contributed by atoms with Gasteiger partial charge >= 0.3 is 0 Å². The number of epoxide rings is 1. The van der Waals surface area contributed by atoms with E-state index in [2.05, 4.69) is 0 Å². The van der Waals surface area contributed by atoms with Gasteiger partial charge in [-0.15, -0.1) is 0 Å². The molecule has 1 aliphatic heterocycles. The highest BCUT2D eigenvalue weighted by molar-refractivity contribution is 6.06. The van der Waals surface area contributed by atoms with E-state index in [0.29, 0.717) is 5.75 Å². The Labute approximate surface area is 128 Å². The average Bonchev–Trinajstić information content (AvgIpc) is 3.35. The van der Waals surface area contributed by atoms with Gasteiger partial charge in [0.1, 0.15) is 28.9 Å². The summed E-state index contributed by atoms with van der Waals surface area (Å²) in [5, 5.41) is 10.1. The maximum atomic E-state index is 12.6. The third kappa shape index (κ3) is 2.51. The number of phenols is 1. The van der Waals surface area contributed by atoms with Crippen molar-refractivity contribution in [3.63, 3.8) is 0 Å². The number of methoxy groups -OCH3 is 2. The first kappa shape index (κ1) is 14.4. The van der Waals surface area contributed by atoms with Crippen LogP contribution < -0.4 is 9.47 Å². The first-order valence-corrected chi connectivity index (χ1v) is 6.85. The van der Waals surface area contributed by atoms with Gasteiger partial charge in [-0.25, -0.2) is 0 Å². The molecule has 0 bridgehead atoms. The highest BCUT2D eigenvalue weighted by Gasteiger charge is 2.47. The van der Waals surface area contributed by atoms with Gasteiger partial charge in [0.25, 0.3) is 0 Å². The second-order valence-corrected chi connectivity index (χ2v) is 4.98. The number of carbonyl (C=O) groups excluding carboxylic acids is 1. The van der Waals surface area contributed by atoms with Crippen LogP contribution in [0.3, 0.4) is 0 Å². The highest BCUT2D eigenvalue weighted by Crippen LogP contribution is 2.44. The van der Waals surface area contributed by atoms with E-state index < -0.39 is 6.10 Å². The molecule has 1 N–H and O–H groups in total. The zero-order chi connectivity index (χ0) is 15.7. The molecule has 114 valence electrons. The third-order valence-corrected chi connectivity index (χ3v) is 3.63. The zero-order valence-electron chi connectivity index (χ0n) is 12.3. The van der Waals surface area contributed by atoms with Crippen molar-refractivity contribution in [2.24, 2.45) is 0 Å². The smallest absolute Gasteiger partial charge is 0.202 e. The molecule has 0 aliphatic carbocycles. The van der Waals surface area contributed by atoms with Crippen molar-refractivity contribution in [2.75, 3.05) is 14.2 Å². The number of ketones is 1. The van der Waals surface area contributed by atoms with Crippen LogP contribution in [-0.2, 0) is 4.74 Å². The van der Waals surface area contributed by atoms with Gasteiger partial charge in [-0.2, -0.15) is 0 Å². The molecular weight excluding hydrogens is 284 g/mol. The van der Waals surface area contributed by atoms with Gasteiger partial charge in [-0.1, -0.05) is 30.3 Å². The number of benzene rings is 2. The summed E-state index contributed by atoms with van der Waals surface area (Å²) in [4.78, 5) is 12.6. The van der Waals surface area contributed by atoms with Gasteiger partial charge in [-0.3, -0.25) is 4.79 Å². The number of aromatic hydroxyl groups is 1. The Kier molecular flexibility index (Phi) is 3.73. The first-order chi connectivity index (χ1) is 10.7. The number of ether oxygens (including phenoxy) is 3. The second-order valence-electron chi connectivity index (χ2n) is 4.98. The Hall–Kier alpha value is -2.53. The first-order valence-electron chi connectivity index (χ1n) is 6.85. The lowest BCUT2D eigenvalue weighted by Crippen LogP contribution is -2.10. The monoisotopic (exact) mass is 300 g/mol. The lowest BCUT2D eigenvalue weighted by molar-refractivity contribution is 0.0947. The Morgan fingerprint density at radius 2 is 1.86 bits per heavy atom. The molecule has 22 heavy (non-hydrogen) atoms. The molecule has 5 heteroatoms. The molecule has 0 saturated carbocycles. The van der Waals surface area contributed by atoms with Crippen LogP contribution in [0.4, 0.5) is 0 Å². The minimum absolute atomic E-state index is 0.117. The lowest BCUT2D eigenvalue weighted by atomic mass is 10.0. The van der Waals surface area contributed by atoms with Gasteiger partial charge in [-0.05, 0) is 5.56 Å². The van der Waals surface area contributed by atoms with Crippen LogP contribution in [0.5, 0.6) is 17.2 Å². The maximum Gasteiger partial charge on any atom is 0.202 e. The van der Waals surface area contributed by atoms with E-state index in [9.17, 15) is 9.90 Å². The van der Waals surface area contributed by atoms with Crippen LogP contribution in [-0.4, -0.2) is 31.2 Å². The molecular formula is C17H16O5. The van der Waals surface area contributed by atoms with E-state index in [1.807, 2.05) is 30.3 Å². The predicted molar refractivity (Wildman–Crippen MR) is 79.6 cm³/mol. The molecule has 1 saturated heterocycles. The molecule has 0 radical (unpaired) electrons. The summed E-state index contributed by atoms with van der Waals surface area (Å²) >= 11 is 0. The summed E-state index contributed by atoms with van der Waals surface area (Å²) in [5.74, 6) is 0.209. The van der Waals surface area contributed by atoms with Gasteiger partial charge in [0, 0.05) is 12.1 Å². The molecule has 0 amide bonds. The summed E-state index contributed by atoms with van der Waals surface area (Å²) in [7, 11) is 2.92. The number of phenolic OH excluding ortho intramolecular Hbond substituents is 1. The molecule has 1 heterocycles. The molecule has 0 spiro atoms. The van der Waals surface area contributed by atoms with E-state index >= 15 is 0 Å². The van der Waals surface area contributed by atoms with E-state index in [1.54, 1.807) is 6.07 Å². The largest absolute Gasteiger partial charge is 0.507 e. The van der Waals surface area contributed by atoms with Crippen molar-refractivity contribution in [2.45, 2.75) is 12.2 Å². The van der Waals surface area contributed by atoms with Gasteiger partial charge in [0.15, 0.2) is 6.10 Å². The van der Waals surface area contributed by atoms with Crippen LogP contribution in [0.15, 0.2) is 42.5 Å². The summed E-state index contributed by atoms with van der Waals surface area (Å²) in [6.45, 7) is 0. The topological polar surface area (TPSA) is 68.3 Å². The molecule has 2 atom stereocenters. The summed E-state index contributed by atoms with van der Waals surface area (Å²) < 4.78 is 15.7. The predicted octanol–water partition coefficient (Wildman–Crippen LogP) is 2.73. The van der Waals surface area contributed by atoms with Crippen LogP contribution in [0.25, 0.3) is 0 Å². The third-order valence-electron chi connectivity index (χ3n) is 3.63. The fourth-order valence-electron chi connectivity index (χ4n) is 2.45. The Morgan fingerprint density at radius 1 is 1.14 bits per heavy atom. The van der Waals surface area contributed by atoms with Crippen molar-refractivity contribution in [3.05, 3.63) is 53.6 Å².